The number of nitrogens with zero attached hydrogens (tertiary/aromatic N) is 3. The minimum Gasteiger partial charge on any atom is -0.393 e. The van der Waals surface area contributed by atoms with Crippen LogP contribution in [0.2, 0.25) is 5.15 Å². The van der Waals surface area contributed by atoms with Crippen molar-refractivity contribution in [2.24, 2.45) is 5.92 Å². The van der Waals surface area contributed by atoms with Gasteiger partial charge in [-0.05, 0) is 12.8 Å². The van der Waals surface area contributed by atoms with E-state index in [-0.39, 0.29) is 17.0 Å². The maximum absolute atomic E-state index is 11.5. The topological polar surface area (TPSA) is 84.1 Å². The van der Waals surface area contributed by atoms with Gasteiger partial charge in [-0.3, -0.25) is 4.79 Å². The number of hydrogen-bond acceptors (Lipinski definition) is 5. The Bertz CT molecular complexity index is 445. The average Bonchev–Trinajstić information content (AvgIpc) is 2.41. The van der Waals surface area contributed by atoms with Crippen molar-refractivity contribution >= 4 is 29.0 Å². The van der Waals surface area contributed by atoms with Gasteiger partial charge in [0, 0.05) is 26.1 Å². The number of anilines is 2. The summed E-state index contributed by atoms with van der Waals surface area (Å²) in [5.74, 6) is 0.832. The van der Waals surface area contributed by atoms with E-state index in [0.29, 0.717) is 11.5 Å². The van der Waals surface area contributed by atoms with Crippen LogP contribution in [-0.4, -0.2) is 36.0 Å². The van der Waals surface area contributed by atoms with Crippen molar-refractivity contribution in [2.45, 2.75) is 12.8 Å². The van der Waals surface area contributed by atoms with E-state index in [1.807, 2.05) is 4.90 Å². The number of carbonyl (C=O) groups is 1. The van der Waals surface area contributed by atoms with Gasteiger partial charge in [-0.2, -0.15) is 0 Å². The van der Waals surface area contributed by atoms with Crippen LogP contribution in [0.5, 0.6) is 0 Å². The molecule has 7 heteroatoms. The van der Waals surface area contributed by atoms with E-state index >= 15 is 0 Å². The first kappa shape index (κ1) is 12.9. The number of piperidine rings is 1. The second-order valence-corrected chi connectivity index (χ2v) is 4.64. The fourth-order valence-corrected chi connectivity index (χ4v) is 2.30. The minimum atomic E-state index is 0.0739. The first-order valence-electron chi connectivity index (χ1n) is 5.86. The molecule has 2 heterocycles. The highest BCUT2D eigenvalue weighted by Gasteiger charge is 2.26. The van der Waals surface area contributed by atoms with E-state index in [2.05, 4.69) is 15.3 Å². The monoisotopic (exact) mass is 269 g/mol. The summed E-state index contributed by atoms with van der Waals surface area (Å²) in [6, 6.07) is 0. The van der Waals surface area contributed by atoms with Gasteiger partial charge in [-0.25, -0.2) is 9.97 Å². The number of nitrogens with two attached hydrogens (primary N) is 1. The molecule has 1 amide bonds. The lowest BCUT2D eigenvalue weighted by Gasteiger charge is -2.32. The zero-order chi connectivity index (χ0) is 13.1. The molecule has 0 saturated carbocycles. The van der Waals surface area contributed by atoms with Gasteiger partial charge in [0.2, 0.25) is 5.91 Å². The van der Waals surface area contributed by atoms with Gasteiger partial charge in [0.05, 0.1) is 0 Å². The van der Waals surface area contributed by atoms with Crippen molar-refractivity contribution in [1.82, 2.24) is 15.3 Å². The van der Waals surface area contributed by atoms with E-state index in [9.17, 15) is 4.79 Å². The Kier molecular flexibility index (Phi) is 3.86. The largest absolute Gasteiger partial charge is 0.393 e. The molecule has 98 valence electrons. The van der Waals surface area contributed by atoms with Crippen LogP contribution in [-0.2, 0) is 4.79 Å². The van der Waals surface area contributed by atoms with Crippen molar-refractivity contribution in [3.05, 3.63) is 11.5 Å². The fourth-order valence-electron chi connectivity index (χ4n) is 2.18. The number of aromatic nitrogens is 2. The molecule has 2 rings (SSSR count). The summed E-state index contributed by atoms with van der Waals surface area (Å²) < 4.78 is 0. The molecular weight excluding hydrogens is 254 g/mol. The summed E-state index contributed by atoms with van der Waals surface area (Å²) in [6.07, 6.45) is 2.99. The second-order valence-electron chi connectivity index (χ2n) is 4.28. The Morgan fingerprint density at radius 2 is 2.17 bits per heavy atom. The number of halogens is 1. The second kappa shape index (κ2) is 5.39. The molecule has 3 N–H and O–H groups in total. The van der Waals surface area contributed by atoms with Crippen molar-refractivity contribution < 1.29 is 4.79 Å². The number of rotatable bonds is 2. The van der Waals surface area contributed by atoms with Gasteiger partial charge in [-0.1, -0.05) is 11.6 Å². The summed E-state index contributed by atoms with van der Waals surface area (Å²) in [5, 5.41) is 2.95. The summed E-state index contributed by atoms with van der Waals surface area (Å²) in [5.41, 5.74) is 6.26. The van der Waals surface area contributed by atoms with Gasteiger partial charge < -0.3 is 16.0 Å². The molecule has 0 aromatic carbocycles. The summed E-state index contributed by atoms with van der Waals surface area (Å²) >= 11 is 5.87. The molecule has 0 aliphatic carbocycles. The third kappa shape index (κ3) is 2.48. The lowest BCUT2D eigenvalue weighted by atomic mass is 9.96. The van der Waals surface area contributed by atoms with E-state index in [1.165, 1.54) is 6.33 Å². The Balaban J connectivity index is 2.06. The highest BCUT2D eigenvalue weighted by Crippen LogP contribution is 2.29. The maximum atomic E-state index is 11.5. The van der Waals surface area contributed by atoms with Crippen LogP contribution in [0.1, 0.15) is 12.8 Å². The average molecular weight is 270 g/mol. The smallest absolute Gasteiger partial charge is 0.222 e. The predicted molar refractivity (Wildman–Crippen MR) is 70.5 cm³/mol. The maximum Gasteiger partial charge on any atom is 0.222 e. The summed E-state index contributed by atoms with van der Waals surface area (Å²) in [4.78, 5) is 21.6. The van der Waals surface area contributed by atoms with Crippen LogP contribution < -0.4 is 16.0 Å². The summed E-state index contributed by atoms with van der Waals surface area (Å²) in [7, 11) is 1.66. The summed E-state index contributed by atoms with van der Waals surface area (Å²) in [6.45, 7) is 1.49. The highest BCUT2D eigenvalue weighted by atomic mass is 35.5. The van der Waals surface area contributed by atoms with Gasteiger partial charge >= 0.3 is 0 Å². The van der Waals surface area contributed by atoms with Crippen LogP contribution in [0.4, 0.5) is 11.5 Å². The molecule has 0 atom stereocenters. The molecule has 0 unspecified atom stereocenters. The molecule has 0 spiro atoms. The normalized spacial score (nSPS) is 16.7. The molecule has 1 aliphatic heterocycles. The molecule has 1 saturated heterocycles. The molecule has 0 radical (unpaired) electrons. The van der Waals surface area contributed by atoms with E-state index in [4.69, 9.17) is 17.3 Å². The van der Waals surface area contributed by atoms with Gasteiger partial charge in [0.15, 0.2) is 11.0 Å². The van der Waals surface area contributed by atoms with E-state index in [1.54, 1.807) is 7.05 Å². The van der Waals surface area contributed by atoms with Gasteiger partial charge in [0.25, 0.3) is 0 Å². The molecule has 1 fully saturated rings. The Morgan fingerprint density at radius 3 is 2.78 bits per heavy atom. The van der Waals surface area contributed by atoms with Crippen molar-refractivity contribution in [2.75, 3.05) is 30.8 Å². The third-order valence-corrected chi connectivity index (χ3v) is 3.53. The predicted octanol–water partition coefficient (Wildman–Crippen LogP) is 0.675. The molecule has 0 bridgehead atoms. The van der Waals surface area contributed by atoms with Crippen LogP contribution in [0.3, 0.4) is 0 Å². The van der Waals surface area contributed by atoms with Crippen molar-refractivity contribution in [3.63, 3.8) is 0 Å². The van der Waals surface area contributed by atoms with Crippen LogP contribution in [0.15, 0.2) is 6.33 Å². The lowest BCUT2D eigenvalue weighted by Crippen LogP contribution is -2.40. The SMILES string of the molecule is CNC(=O)C1CCN(c2ncnc(Cl)c2N)CC1. The number of nitrogen functional groups attached to an aromatic ring is 1. The third-order valence-electron chi connectivity index (χ3n) is 3.23. The molecule has 1 aromatic heterocycles. The van der Waals surface area contributed by atoms with Crippen LogP contribution in [0.25, 0.3) is 0 Å². The molecule has 1 aromatic rings. The van der Waals surface area contributed by atoms with Crippen molar-refractivity contribution in [3.8, 4) is 0 Å². The minimum absolute atomic E-state index is 0.0739. The van der Waals surface area contributed by atoms with E-state index < -0.39 is 0 Å². The van der Waals surface area contributed by atoms with Gasteiger partial charge in [-0.15, -0.1) is 0 Å². The first-order valence-corrected chi connectivity index (χ1v) is 6.23. The Labute approximate surface area is 111 Å². The van der Waals surface area contributed by atoms with Crippen molar-refractivity contribution in [1.29, 1.82) is 0 Å². The standard InChI is InChI=1S/C11H16ClN5O/c1-14-11(18)7-2-4-17(5-3-7)10-8(13)9(12)15-6-16-10/h6-7H,2-5,13H2,1H3,(H,14,18). The quantitative estimate of drug-likeness (QED) is 0.771. The fraction of sp³-hybridized carbons (Fsp3) is 0.545. The zero-order valence-electron chi connectivity index (χ0n) is 10.2. The number of amides is 1. The highest BCUT2D eigenvalue weighted by molar-refractivity contribution is 6.32. The lowest BCUT2D eigenvalue weighted by molar-refractivity contribution is -0.125. The number of carbonyl (C=O) groups excluding carboxylic acids is 1. The number of hydrogen-bond donors (Lipinski definition) is 2. The molecular formula is C11H16ClN5O. The Morgan fingerprint density at radius 1 is 1.50 bits per heavy atom. The molecule has 6 nitrogen and oxygen atoms in total. The van der Waals surface area contributed by atoms with Crippen LogP contribution in [0, 0.1) is 5.92 Å². The Hall–Kier alpha value is -1.56. The number of nitrogens with one attached hydrogen (secondary N) is 1. The zero-order valence-corrected chi connectivity index (χ0v) is 10.9. The molecule has 1 aliphatic rings. The van der Waals surface area contributed by atoms with E-state index in [0.717, 1.165) is 25.9 Å². The molecule has 18 heavy (non-hydrogen) atoms. The van der Waals surface area contributed by atoms with Crippen LogP contribution >= 0.6 is 11.6 Å². The first-order chi connectivity index (χ1) is 8.63. The van der Waals surface area contributed by atoms with Gasteiger partial charge in [0.1, 0.15) is 12.0 Å².